The van der Waals surface area contributed by atoms with Gasteiger partial charge in [0.05, 0.1) is 0 Å². The van der Waals surface area contributed by atoms with Crippen molar-refractivity contribution in [1.82, 2.24) is 0 Å². The molecule has 2 aromatic carbocycles. The molecule has 3 rings (SSSR count). The molecular formula is C35H52N2Pd. The number of allylic oxidation sites excluding steroid dienone is 2. The first-order valence-electron chi connectivity index (χ1n) is 14.9. The van der Waals surface area contributed by atoms with Crippen molar-refractivity contribution in [3.8, 4) is 0 Å². The molecule has 0 aliphatic carbocycles. The molecule has 0 amide bonds. The number of unbranched alkanes of at least 4 members (excludes halogenated alkanes) is 6. The number of nitrogens with zero attached hydrogens (tertiary/aromatic N) is 2. The average molecular weight is 607 g/mol. The topological polar surface area (TPSA) is 25.3 Å². The summed E-state index contributed by atoms with van der Waals surface area (Å²) in [6, 6.07) is 17.9. The molecule has 1 heterocycles. The van der Waals surface area contributed by atoms with E-state index in [1.807, 2.05) is 0 Å². The fourth-order valence-corrected chi connectivity index (χ4v) is 5.27. The summed E-state index contributed by atoms with van der Waals surface area (Å²) in [5.74, 6) is 0. The quantitative estimate of drug-likeness (QED) is 0.109. The summed E-state index contributed by atoms with van der Waals surface area (Å²) in [4.78, 5) is 0. The number of benzene rings is 2. The zero-order chi connectivity index (χ0) is 27.8. The predicted molar refractivity (Wildman–Crippen MR) is 163 cm³/mol. The van der Waals surface area contributed by atoms with E-state index in [0.717, 1.165) is 72.6 Å². The summed E-state index contributed by atoms with van der Waals surface area (Å²) in [6.07, 6.45) is 15.3. The maximum absolute atomic E-state index is 11.6. The second-order valence-electron chi connectivity index (χ2n) is 10.4. The van der Waals surface area contributed by atoms with E-state index in [2.05, 4.69) is 87.0 Å². The van der Waals surface area contributed by atoms with Gasteiger partial charge in [0.1, 0.15) is 0 Å². The van der Waals surface area contributed by atoms with E-state index in [0.29, 0.717) is 0 Å². The average Bonchev–Trinajstić information content (AvgIpc) is 3.21. The van der Waals surface area contributed by atoms with Gasteiger partial charge in [-0.05, 0) is 80.3 Å². The van der Waals surface area contributed by atoms with Gasteiger partial charge in [-0.3, -0.25) is 0 Å². The molecule has 0 saturated carbocycles. The van der Waals surface area contributed by atoms with Gasteiger partial charge >= 0.3 is 28.8 Å². The monoisotopic (exact) mass is 606 g/mol. The summed E-state index contributed by atoms with van der Waals surface area (Å²) in [5, 5.41) is 4.35. The zero-order valence-electron chi connectivity index (χ0n) is 25.0. The first-order valence-corrected chi connectivity index (χ1v) is 18.0. The van der Waals surface area contributed by atoms with Crippen molar-refractivity contribution in [2.75, 3.05) is 0 Å². The molecule has 0 spiro atoms. The zero-order valence-corrected chi connectivity index (χ0v) is 26.6. The van der Waals surface area contributed by atoms with Gasteiger partial charge in [0.15, 0.2) is 0 Å². The van der Waals surface area contributed by atoms with E-state index in [1.165, 1.54) is 78.3 Å². The van der Waals surface area contributed by atoms with Crippen molar-refractivity contribution < 1.29 is 22.7 Å². The first-order chi connectivity index (χ1) is 18.6. The van der Waals surface area contributed by atoms with Gasteiger partial charge in [0.25, 0.3) is 0 Å². The predicted octanol–water partition coefficient (Wildman–Crippen LogP) is 11.5. The molecule has 2 nitrogen and oxygen atoms in total. The Bertz CT molecular complexity index is 1030. The van der Waals surface area contributed by atoms with Gasteiger partial charge in [-0.2, -0.15) is 0 Å². The normalized spacial score (nSPS) is 13.4. The first kappa shape index (κ1) is 32.4. The fraction of sp³-hybridized carbons (Fsp3) is 0.543. The van der Waals surface area contributed by atoms with Crippen LogP contribution in [0.25, 0.3) is 16.9 Å². The van der Waals surface area contributed by atoms with Crippen LogP contribution in [0.1, 0.15) is 121 Å². The van der Waals surface area contributed by atoms with E-state index >= 15 is 0 Å². The van der Waals surface area contributed by atoms with E-state index in [4.69, 9.17) is 0 Å². The van der Waals surface area contributed by atoms with Gasteiger partial charge in [0, 0.05) is 22.3 Å². The summed E-state index contributed by atoms with van der Waals surface area (Å²) in [5.41, 5.74) is 21.2. The molecule has 0 unspecified atom stereocenters. The Morgan fingerprint density at radius 1 is 0.553 bits per heavy atom. The molecule has 0 saturated heterocycles. The van der Waals surface area contributed by atoms with Crippen LogP contribution in [-0.4, -0.2) is 4.70 Å². The molecule has 0 N–H and O–H groups in total. The summed E-state index contributed by atoms with van der Waals surface area (Å²) < 4.78 is 1.50. The Hall–Kier alpha value is -1.82. The molecular weight excluding hydrogens is 555 g/mol. The summed E-state index contributed by atoms with van der Waals surface area (Å²) in [7, 11) is 0. The Morgan fingerprint density at radius 2 is 0.921 bits per heavy atom. The maximum atomic E-state index is 11.6. The van der Waals surface area contributed by atoms with Crippen LogP contribution in [-0.2, 0) is 30.8 Å². The molecule has 0 radical (unpaired) electrons. The van der Waals surface area contributed by atoms with Crippen LogP contribution in [0.5, 0.6) is 0 Å². The third-order valence-electron chi connectivity index (χ3n) is 7.34. The molecule has 1 aliphatic heterocycles. The Morgan fingerprint density at radius 3 is 1.29 bits per heavy atom. The van der Waals surface area contributed by atoms with Gasteiger partial charge in [-0.15, -0.1) is 0 Å². The van der Waals surface area contributed by atoms with Gasteiger partial charge in [-0.25, -0.2) is 4.70 Å². The van der Waals surface area contributed by atoms with Crippen LogP contribution < -0.4 is 0 Å². The number of hydrogen-bond donors (Lipinski definition) is 0. The van der Waals surface area contributed by atoms with Gasteiger partial charge in [-0.1, -0.05) is 90.5 Å². The van der Waals surface area contributed by atoms with Crippen LogP contribution in [0, 0.1) is 0 Å². The molecule has 38 heavy (non-hydrogen) atoms. The van der Waals surface area contributed by atoms with E-state index in [9.17, 15) is 5.53 Å². The van der Waals surface area contributed by atoms with Crippen molar-refractivity contribution in [3.05, 3.63) is 87.5 Å². The standard InChI is InChI=1S/C33H46N2.2CH3.Pd/c1-5-9-12-15-26-18-22-28(23-19-26)32-30(8-4)31(17-14-11-7-3)33(35(32)34)29-24-20-27(21-25-29)16-13-10-6-2;;;/h18-25H,5-17H2,1-4H3;2*1H3;. The van der Waals surface area contributed by atoms with Crippen molar-refractivity contribution in [1.29, 1.82) is 0 Å². The van der Waals surface area contributed by atoms with Gasteiger partial charge < -0.3 is 5.53 Å². The molecule has 3 heteroatoms. The minimum atomic E-state index is 0.921. The Kier molecular flexibility index (Phi) is 15.7. The van der Waals surface area contributed by atoms with E-state index in [-0.39, 0.29) is 0 Å². The molecule has 0 atom stereocenters. The molecule has 0 bridgehead atoms. The molecule has 1 aliphatic rings. The second kappa shape index (κ2) is 18.5. The Balaban J connectivity index is 0.00000161. The van der Waals surface area contributed by atoms with Crippen LogP contribution in [0.4, 0.5) is 0 Å². The van der Waals surface area contributed by atoms with Crippen molar-refractivity contribution in [2.45, 2.75) is 122 Å². The third-order valence-corrected chi connectivity index (χ3v) is 7.34. The van der Waals surface area contributed by atoms with Crippen molar-refractivity contribution in [2.24, 2.45) is 0 Å². The number of rotatable bonds is 15. The minimum absolute atomic E-state index is 0.921. The summed E-state index contributed by atoms with van der Waals surface area (Å²) >= 11 is 0.950. The fourth-order valence-electron chi connectivity index (χ4n) is 5.27. The third kappa shape index (κ3) is 9.43. The number of hydrogen-bond acceptors (Lipinski definition) is 0. The van der Waals surface area contributed by atoms with Gasteiger partial charge in [0.2, 0.25) is 11.4 Å². The van der Waals surface area contributed by atoms with E-state index in [1.54, 1.807) is 0 Å². The molecule has 2 aromatic rings. The second-order valence-corrected chi connectivity index (χ2v) is 12.0. The van der Waals surface area contributed by atoms with Crippen molar-refractivity contribution >= 4 is 11.4 Å². The van der Waals surface area contributed by atoms with Crippen LogP contribution in [0.2, 0.25) is 10.8 Å². The molecule has 212 valence electrons. The Labute approximate surface area is 242 Å². The number of aryl methyl sites for hydroxylation is 2. The van der Waals surface area contributed by atoms with Crippen LogP contribution in [0.3, 0.4) is 0 Å². The summed E-state index contributed by atoms with van der Waals surface area (Å²) in [6.45, 7) is 8.98. The SMILES string of the molecule is CCCCCC1=C(c2ccc(CCCCC)cc2)[N+](=[N-])C(c2ccc(CCCCC)cc2)=C1CC.[CH3][Pd][CH3]. The van der Waals surface area contributed by atoms with Crippen LogP contribution >= 0.6 is 0 Å². The van der Waals surface area contributed by atoms with E-state index < -0.39 is 0 Å². The molecule has 0 aromatic heterocycles. The van der Waals surface area contributed by atoms with Crippen molar-refractivity contribution in [3.63, 3.8) is 0 Å². The molecule has 0 fully saturated rings. The van der Waals surface area contributed by atoms with Crippen LogP contribution in [0.15, 0.2) is 59.7 Å².